The SMILES string of the molecule is Cc1cc2c(-c3cc(C(C)(C)C)cc(C(C)(C)C)c3)c3c4cccc5c(Br)ccc(c54)c3c3c4cc(C(C)(C)C)cc(C(C)(C)C)c4c(c1)c23. The van der Waals surface area contributed by atoms with E-state index in [2.05, 4.69) is 179 Å². The maximum Gasteiger partial charge on any atom is 0.0254 e. The van der Waals surface area contributed by atoms with Crippen LogP contribution in [0.2, 0.25) is 0 Å². The molecule has 0 saturated heterocycles. The van der Waals surface area contributed by atoms with Gasteiger partial charge in [-0.25, -0.2) is 0 Å². The fourth-order valence-corrected chi connectivity index (χ4v) is 9.11. The molecule has 0 aliphatic rings. The molecule has 0 amide bonds. The van der Waals surface area contributed by atoms with Crippen molar-refractivity contribution in [3.63, 3.8) is 0 Å². The van der Waals surface area contributed by atoms with Crippen molar-refractivity contribution in [2.24, 2.45) is 0 Å². The molecule has 8 aromatic rings. The molecule has 8 aromatic carbocycles. The minimum Gasteiger partial charge on any atom is -0.0610 e. The van der Waals surface area contributed by atoms with Crippen LogP contribution in [-0.4, -0.2) is 0 Å². The highest BCUT2D eigenvalue weighted by molar-refractivity contribution is 9.10. The minimum atomic E-state index is -0.0219. The zero-order chi connectivity index (χ0) is 36.0. The van der Waals surface area contributed by atoms with Crippen LogP contribution in [-0.2, 0) is 21.7 Å². The normalized spacial score (nSPS) is 13.8. The van der Waals surface area contributed by atoms with Crippen LogP contribution in [0.15, 0.2) is 77.3 Å². The summed E-state index contributed by atoms with van der Waals surface area (Å²) in [5.41, 5.74) is 9.66. The Morgan fingerprint density at radius 3 is 1.52 bits per heavy atom. The molecule has 0 radical (unpaired) electrons. The molecule has 0 aliphatic heterocycles. The largest absolute Gasteiger partial charge is 0.0610 e. The summed E-state index contributed by atoms with van der Waals surface area (Å²) in [5, 5.41) is 16.6. The van der Waals surface area contributed by atoms with Gasteiger partial charge in [0.1, 0.15) is 0 Å². The maximum absolute atomic E-state index is 3.95. The Morgan fingerprint density at radius 1 is 0.400 bits per heavy atom. The van der Waals surface area contributed by atoms with E-state index in [1.165, 1.54) is 104 Å². The first-order valence-corrected chi connectivity index (χ1v) is 19.2. The molecule has 0 fully saturated rings. The molecule has 0 aliphatic carbocycles. The van der Waals surface area contributed by atoms with Gasteiger partial charge >= 0.3 is 0 Å². The minimum absolute atomic E-state index is 0.0129. The third kappa shape index (κ3) is 4.82. The van der Waals surface area contributed by atoms with Gasteiger partial charge in [0, 0.05) is 4.47 Å². The predicted octanol–water partition coefficient (Wildman–Crippen LogP) is 15.4. The Hall–Kier alpha value is -3.68. The highest BCUT2D eigenvalue weighted by atomic mass is 79.9. The molecule has 0 atom stereocenters. The zero-order valence-corrected chi connectivity index (χ0v) is 33.9. The Bertz CT molecular complexity index is 2640. The van der Waals surface area contributed by atoms with Gasteiger partial charge in [-0.1, -0.05) is 160 Å². The summed E-state index contributed by atoms with van der Waals surface area (Å²) in [6, 6.07) is 29.1. The van der Waals surface area contributed by atoms with E-state index in [1.54, 1.807) is 0 Å². The van der Waals surface area contributed by atoms with E-state index in [9.17, 15) is 0 Å². The molecule has 0 spiro atoms. The first-order chi connectivity index (χ1) is 23.2. The second-order valence-corrected chi connectivity index (χ2v) is 20.2. The van der Waals surface area contributed by atoms with Crippen LogP contribution >= 0.6 is 15.9 Å². The second-order valence-electron chi connectivity index (χ2n) is 19.3. The van der Waals surface area contributed by atoms with Crippen LogP contribution < -0.4 is 0 Å². The molecule has 8 rings (SSSR count). The van der Waals surface area contributed by atoms with Gasteiger partial charge in [-0.15, -0.1) is 0 Å². The van der Waals surface area contributed by atoms with Crippen molar-refractivity contribution in [1.29, 1.82) is 0 Å². The molecular formula is C49H51Br. The Morgan fingerprint density at radius 2 is 0.920 bits per heavy atom. The average molecular weight is 720 g/mol. The summed E-state index contributed by atoms with van der Waals surface area (Å²) < 4.78 is 1.15. The lowest BCUT2D eigenvalue weighted by Gasteiger charge is -2.27. The summed E-state index contributed by atoms with van der Waals surface area (Å²) in [4.78, 5) is 0. The summed E-state index contributed by atoms with van der Waals surface area (Å²) >= 11 is 3.95. The van der Waals surface area contributed by atoms with Gasteiger partial charge in [0.25, 0.3) is 0 Å². The molecule has 0 N–H and O–H groups in total. The van der Waals surface area contributed by atoms with Crippen molar-refractivity contribution in [1.82, 2.24) is 0 Å². The lowest BCUT2D eigenvalue weighted by atomic mass is 9.78. The Balaban J connectivity index is 1.75. The number of hydrogen-bond donors (Lipinski definition) is 0. The highest BCUT2D eigenvalue weighted by Crippen LogP contribution is 2.55. The van der Waals surface area contributed by atoms with E-state index in [0.717, 1.165) is 4.47 Å². The monoisotopic (exact) mass is 718 g/mol. The van der Waals surface area contributed by atoms with Crippen LogP contribution in [0.3, 0.4) is 0 Å². The highest BCUT2D eigenvalue weighted by Gasteiger charge is 2.31. The third-order valence-corrected chi connectivity index (χ3v) is 12.1. The van der Waals surface area contributed by atoms with Gasteiger partial charge in [-0.2, -0.15) is 0 Å². The lowest BCUT2D eigenvalue weighted by molar-refractivity contribution is 0.569. The van der Waals surface area contributed by atoms with Crippen LogP contribution in [0.25, 0.3) is 75.8 Å². The van der Waals surface area contributed by atoms with Crippen molar-refractivity contribution in [3.8, 4) is 11.1 Å². The standard InChI is InChI=1S/C49H51Br/c1-26-19-34-39(27-21-28(46(2,3)4)23-29(22-27)47(5,6)7)43-32-16-14-15-31-38(50)18-17-33(40(31)32)44(43)45-36-24-30(48(8,9)10)25-37(49(11,12)13)41(36)35(20-26)42(34)45/h14-25H,1-13H3. The molecule has 0 bridgehead atoms. The van der Waals surface area contributed by atoms with Gasteiger partial charge in [0.2, 0.25) is 0 Å². The van der Waals surface area contributed by atoms with Crippen molar-refractivity contribution in [2.75, 3.05) is 0 Å². The lowest BCUT2D eigenvalue weighted by Crippen LogP contribution is -2.16. The Labute approximate surface area is 307 Å². The van der Waals surface area contributed by atoms with Crippen molar-refractivity contribution in [2.45, 2.75) is 112 Å². The molecule has 0 nitrogen and oxygen atoms in total. The van der Waals surface area contributed by atoms with E-state index in [1.807, 2.05) is 0 Å². The smallest absolute Gasteiger partial charge is 0.0254 e. The number of fused-ring (bicyclic) bond motifs is 7. The number of benzene rings is 6. The van der Waals surface area contributed by atoms with Gasteiger partial charge in [0.15, 0.2) is 0 Å². The predicted molar refractivity (Wildman–Crippen MR) is 227 cm³/mol. The van der Waals surface area contributed by atoms with Gasteiger partial charge < -0.3 is 0 Å². The van der Waals surface area contributed by atoms with E-state index in [4.69, 9.17) is 0 Å². The summed E-state index contributed by atoms with van der Waals surface area (Å²) in [6.45, 7) is 30.7. The molecule has 0 saturated carbocycles. The fourth-order valence-electron chi connectivity index (χ4n) is 8.65. The average Bonchev–Trinajstić information content (AvgIpc) is 3.50. The Kier molecular flexibility index (Phi) is 6.99. The molecule has 50 heavy (non-hydrogen) atoms. The van der Waals surface area contributed by atoms with Crippen LogP contribution in [0, 0.1) is 6.92 Å². The van der Waals surface area contributed by atoms with E-state index >= 15 is 0 Å². The molecule has 0 unspecified atom stereocenters. The summed E-state index contributed by atoms with van der Waals surface area (Å²) in [7, 11) is 0. The number of hydrogen-bond acceptors (Lipinski definition) is 0. The van der Waals surface area contributed by atoms with E-state index < -0.39 is 0 Å². The van der Waals surface area contributed by atoms with Gasteiger partial charge in [-0.3, -0.25) is 0 Å². The molecule has 0 heterocycles. The first-order valence-electron chi connectivity index (χ1n) is 18.4. The molecule has 1 heteroatoms. The fraction of sp³-hybridized carbons (Fsp3) is 0.347. The number of rotatable bonds is 1. The van der Waals surface area contributed by atoms with E-state index in [-0.39, 0.29) is 21.7 Å². The van der Waals surface area contributed by atoms with Gasteiger partial charge in [-0.05, 0) is 144 Å². The molecular weight excluding hydrogens is 668 g/mol. The number of aryl methyl sites for hydroxylation is 1. The molecule has 0 aromatic heterocycles. The summed E-state index contributed by atoms with van der Waals surface area (Å²) in [5.74, 6) is 0. The summed E-state index contributed by atoms with van der Waals surface area (Å²) in [6.07, 6.45) is 0. The van der Waals surface area contributed by atoms with Gasteiger partial charge in [0.05, 0.1) is 0 Å². The van der Waals surface area contributed by atoms with Crippen LogP contribution in [0.5, 0.6) is 0 Å². The second kappa shape index (κ2) is 10.4. The third-order valence-electron chi connectivity index (χ3n) is 11.4. The molecule has 254 valence electrons. The van der Waals surface area contributed by atoms with Crippen molar-refractivity contribution in [3.05, 3.63) is 105 Å². The van der Waals surface area contributed by atoms with E-state index in [0.29, 0.717) is 0 Å². The number of halogens is 1. The quantitative estimate of drug-likeness (QED) is 0.158. The zero-order valence-electron chi connectivity index (χ0n) is 32.3. The van der Waals surface area contributed by atoms with Crippen LogP contribution in [0.1, 0.15) is 111 Å². The van der Waals surface area contributed by atoms with Crippen molar-refractivity contribution < 1.29 is 0 Å². The van der Waals surface area contributed by atoms with Crippen molar-refractivity contribution >= 4 is 80.6 Å². The van der Waals surface area contributed by atoms with Crippen LogP contribution in [0.4, 0.5) is 0 Å². The topological polar surface area (TPSA) is 0 Å². The maximum atomic E-state index is 3.95. The first kappa shape index (κ1) is 33.5.